The van der Waals surface area contributed by atoms with Gasteiger partial charge in [0.2, 0.25) is 5.91 Å². The highest BCUT2D eigenvalue weighted by atomic mass is 16.1. The van der Waals surface area contributed by atoms with Crippen LogP contribution in [0.15, 0.2) is 30.5 Å². The van der Waals surface area contributed by atoms with Crippen molar-refractivity contribution in [1.82, 2.24) is 10.3 Å². The molecule has 0 spiro atoms. The second-order valence-corrected chi connectivity index (χ2v) is 4.60. The fraction of sp³-hybridized carbons (Fsp3) is 0.312. The number of hydrogen-bond acceptors (Lipinski definition) is 1. The van der Waals surface area contributed by atoms with Crippen molar-refractivity contribution in [3.05, 3.63) is 49.4 Å². The number of aromatic nitrogens is 1. The molecule has 0 aliphatic heterocycles. The summed E-state index contributed by atoms with van der Waals surface area (Å²) in [5.74, 6) is 0.0216. The van der Waals surface area contributed by atoms with E-state index in [1.807, 2.05) is 18.3 Å². The van der Waals surface area contributed by atoms with E-state index in [0.717, 1.165) is 31.2 Å². The van der Waals surface area contributed by atoms with E-state index in [1.165, 1.54) is 10.9 Å². The molecule has 1 aromatic heterocycles. The Balaban J connectivity index is 1.78. The molecule has 2 radical (unpaired) electrons. The van der Waals surface area contributed by atoms with Crippen LogP contribution in [0.1, 0.15) is 24.8 Å². The number of unbranched alkanes of at least 4 members (excludes halogenated alkanes) is 2. The number of benzene rings is 1. The third-order valence-corrected chi connectivity index (χ3v) is 3.15. The van der Waals surface area contributed by atoms with Gasteiger partial charge in [0.05, 0.1) is 0 Å². The molecule has 1 aromatic carbocycles. The summed E-state index contributed by atoms with van der Waals surface area (Å²) in [4.78, 5) is 14.8. The van der Waals surface area contributed by atoms with Gasteiger partial charge in [0.1, 0.15) is 0 Å². The summed E-state index contributed by atoms with van der Waals surface area (Å²) >= 11 is 0. The molecule has 0 atom stereocenters. The number of fused-ring (bicyclic) bond motifs is 1. The molecule has 2 N–H and O–H groups in total. The maximum Gasteiger partial charge on any atom is 0.223 e. The van der Waals surface area contributed by atoms with E-state index >= 15 is 0 Å². The summed E-state index contributed by atoms with van der Waals surface area (Å²) < 4.78 is 0. The lowest BCUT2D eigenvalue weighted by atomic mass is 10.1. The highest BCUT2D eigenvalue weighted by Gasteiger charge is 2.04. The molecule has 3 nitrogen and oxygen atoms in total. The number of carbonyl (C=O) groups excluding carboxylic acids is 1. The van der Waals surface area contributed by atoms with Crippen LogP contribution in [0.3, 0.4) is 0 Å². The Morgan fingerprint density at radius 3 is 3.05 bits per heavy atom. The molecule has 0 aliphatic rings. The normalized spacial score (nSPS) is 10.8. The first-order valence-electron chi connectivity index (χ1n) is 6.76. The summed E-state index contributed by atoms with van der Waals surface area (Å²) in [6, 6.07) is 8.21. The van der Waals surface area contributed by atoms with Crippen LogP contribution in [0.25, 0.3) is 10.9 Å². The van der Waals surface area contributed by atoms with Crippen LogP contribution in [0.2, 0.25) is 0 Å². The predicted octanol–water partition coefficient (Wildman–Crippen LogP) is 3.04. The molecular weight excluding hydrogens is 236 g/mol. The largest absolute Gasteiger partial charge is 0.361 e. The highest BCUT2D eigenvalue weighted by molar-refractivity contribution is 5.85. The van der Waals surface area contributed by atoms with E-state index < -0.39 is 0 Å². The predicted molar refractivity (Wildman–Crippen MR) is 78.5 cm³/mol. The maximum atomic E-state index is 11.5. The third-order valence-electron chi connectivity index (χ3n) is 3.15. The smallest absolute Gasteiger partial charge is 0.223 e. The van der Waals surface area contributed by atoms with Crippen LogP contribution in [0, 0.1) is 13.3 Å². The summed E-state index contributed by atoms with van der Waals surface area (Å²) in [7, 11) is 0. The molecule has 3 heteroatoms. The van der Waals surface area contributed by atoms with Crippen LogP contribution in [-0.2, 0) is 11.2 Å². The van der Waals surface area contributed by atoms with Gasteiger partial charge in [0.25, 0.3) is 0 Å². The number of carbonyl (C=O) groups is 1. The Bertz CT molecular complexity index is 530. The van der Waals surface area contributed by atoms with Crippen molar-refractivity contribution in [1.29, 1.82) is 0 Å². The number of H-pyrrole nitrogens is 1. The van der Waals surface area contributed by atoms with Gasteiger partial charge in [-0.15, -0.1) is 0 Å². The van der Waals surface area contributed by atoms with Crippen molar-refractivity contribution in [2.45, 2.75) is 25.7 Å². The van der Waals surface area contributed by atoms with Crippen LogP contribution >= 0.6 is 0 Å². The molecule has 0 bridgehead atoms. The fourth-order valence-electron chi connectivity index (χ4n) is 2.11. The van der Waals surface area contributed by atoms with Gasteiger partial charge in [-0.3, -0.25) is 4.79 Å². The monoisotopic (exact) mass is 256 g/mol. The summed E-state index contributed by atoms with van der Waals surface area (Å²) in [5.41, 5.74) is 2.39. The van der Waals surface area contributed by atoms with Crippen molar-refractivity contribution < 1.29 is 4.79 Å². The van der Waals surface area contributed by atoms with Crippen molar-refractivity contribution in [2.24, 2.45) is 0 Å². The number of aromatic amines is 1. The molecule has 0 aliphatic carbocycles. The van der Waals surface area contributed by atoms with Gasteiger partial charge in [-0.1, -0.05) is 38.0 Å². The number of rotatable bonds is 7. The Morgan fingerprint density at radius 1 is 1.37 bits per heavy atom. The van der Waals surface area contributed by atoms with Gasteiger partial charge in [-0.05, 0) is 24.5 Å². The van der Waals surface area contributed by atoms with E-state index in [0.29, 0.717) is 6.54 Å². The molecule has 0 saturated carbocycles. The highest BCUT2D eigenvalue weighted by Crippen LogP contribution is 2.17. The Labute approximate surface area is 114 Å². The summed E-state index contributed by atoms with van der Waals surface area (Å²) in [6.07, 6.45) is 7.22. The Kier molecular flexibility index (Phi) is 5.01. The number of hydrogen-bond donors (Lipinski definition) is 2. The second kappa shape index (κ2) is 6.98. The van der Waals surface area contributed by atoms with E-state index in [-0.39, 0.29) is 5.91 Å². The van der Waals surface area contributed by atoms with E-state index in [9.17, 15) is 4.79 Å². The molecule has 19 heavy (non-hydrogen) atoms. The van der Waals surface area contributed by atoms with Gasteiger partial charge in [-0.2, -0.15) is 0 Å². The number of amides is 1. The van der Waals surface area contributed by atoms with E-state index in [1.54, 1.807) is 6.42 Å². The molecule has 0 fully saturated rings. The van der Waals surface area contributed by atoms with E-state index in [4.69, 9.17) is 0 Å². The first-order valence-corrected chi connectivity index (χ1v) is 6.76. The average molecular weight is 256 g/mol. The van der Waals surface area contributed by atoms with Crippen LogP contribution in [-0.4, -0.2) is 17.4 Å². The van der Waals surface area contributed by atoms with Gasteiger partial charge in [0.15, 0.2) is 0 Å². The topological polar surface area (TPSA) is 44.9 Å². The minimum atomic E-state index is 0.0216. The zero-order chi connectivity index (χ0) is 13.5. The molecule has 0 saturated heterocycles. The second-order valence-electron chi connectivity index (χ2n) is 4.60. The van der Waals surface area contributed by atoms with Crippen molar-refractivity contribution >= 4 is 16.8 Å². The SMILES string of the molecule is [CH2]CCC[CH]C(=O)NCCc1c[nH]c2ccccc12. The van der Waals surface area contributed by atoms with Crippen molar-refractivity contribution in [3.8, 4) is 0 Å². The molecule has 1 amide bonds. The Hall–Kier alpha value is -1.77. The van der Waals surface area contributed by atoms with Crippen molar-refractivity contribution in [3.63, 3.8) is 0 Å². The first kappa shape index (κ1) is 13.7. The molecule has 100 valence electrons. The van der Waals surface area contributed by atoms with Gasteiger partial charge in [-0.25, -0.2) is 0 Å². The van der Waals surface area contributed by atoms with Gasteiger partial charge in [0, 0.05) is 30.1 Å². The standard InChI is InChI=1S/C16H20N2O/c1-2-3-4-9-16(19)17-11-10-13-12-18-15-8-6-5-7-14(13)15/h5-9,12,18H,1-4,10-11H2,(H,17,19). The van der Waals surface area contributed by atoms with Crippen LogP contribution in [0.4, 0.5) is 0 Å². The molecule has 2 aromatic rings. The van der Waals surface area contributed by atoms with E-state index in [2.05, 4.69) is 29.4 Å². The molecule has 2 rings (SSSR count). The fourth-order valence-corrected chi connectivity index (χ4v) is 2.11. The molecule has 1 heterocycles. The zero-order valence-corrected chi connectivity index (χ0v) is 11.1. The molecule has 0 unspecified atom stereocenters. The Morgan fingerprint density at radius 2 is 2.21 bits per heavy atom. The first-order chi connectivity index (χ1) is 9.31. The van der Waals surface area contributed by atoms with Gasteiger partial charge < -0.3 is 10.3 Å². The number of nitrogens with one attached hydrogen (secondary N) is 2. The summed E-state index contributed by atoms with van der Waals surface area (Å²) in [6.45, 7) is 4.42. The van der Waals surface area contributed by atoms with Crippen molar-refractivity contribution in [2.75, 3.05) is 6.54 Å². The van der Waals surface area contributed by atoms with Crippen LogP contribution in [0.5, 0.6) is 0 Å². The lowest BCUT2D eigenvalue weighted by Gasteiger charge is -2.04. The lowest BCUT2D eigenvalue weighted by molar-refractivity contribution is -0.117. The molecular formula is C16H20N2O. The quantitative estimate of drug-likeness (QED) is 0.735. The van der Waals surface area contributed by atoms with Crippen LogP contribution < -0.4 is 5.32 Å². The summed E-state index contributed by atoms with van der Waals surface area (Å²) in [5, 5.41) is 4.15. The van der Waals surface area contributed by atoms with Gasteiger partial charge >= 0.3 is 0 Å². The average Bonchev–Trinajstić information content (AvgIpc) is 2.83. The zero-order valence-electron chi connectivity index (χ0n) is 11.1. The number of para-hydroxylation sites is 1. The minimum Gasteiger partial charge on any atom is -0.361 e. The maximum absolute atomic E-state index is 11.5. The third kappa shape index (κ3) is 3.85. The minimum absolute atomic E-state index is 0.0216. The lowest BCUT2D eigenvalue weighted by Crippen LogP contribution is -2.25.